The molecule has 6 nitrogen and oxygen atoms in total. The van der Waals surface area contributed by atoms with Gasteiger partial charge >= 0.3 is 0 Å². The molecule has 106 valence electrons. The Kier molecular flexibility index (Phi) is 5.99. The predicted molar refractivity (Wildman–Crippen MR) is 78.9 cm³/mol. The molecule has 1 aliphatic rings. The van der Waals surface area contributed by atoms with Gasteiger partial charge in [-0.15, -0.1) is 12.4 Å². The summed E-state index contributed by atoms with van der Waals surface area (Å²) in [5, 5.41) is 26.3. The predicted octanol–water partition coefficient (Wildman–Crippen LogP) is 1.91. The normalized spacial score (nSPS) is 21.8. The molecule has 3 N–H and O–H groups in total. The van der Waals surface area contributed by atoms with Crippen molar-refractivity contribution in [2.45, 2.75) is 18.5 Å². The highest BCUT2D eigenvalue weighted by molar-refractivity contribution is 9.10. The quantitative estimate of drug-likeness (QED) is 0.569. The van der Waals surface area contributed by atoms with Crippen LogP contribution < -0.4 is 10.6 Å². The van der Waals surface area contributed by atoms with E-state index in [0.717, 1.165) is 6.42 Å². The lowest BCUT2D eigenvalue weighted by Gasteiger charge is -2.13. The Bertz CT molecular complexity index is 461. The maximum atomic E-state index is 11.0. The molecule has 1 aromatic rings. The lowest BCUT2D eigenvalue weighted by molar-refractivity contribution is -0.384. The molecule has 1 heterocycles. The third kappa shape index (κ3) is 4.04. The van der Waals surface area contributed by atoms with Gasteiger partial charge in [0.25, 0.3) is 5.69 Å². The first-order valence-corrected chi connectivity index (χ1v) is 6.44. The summed E-state index contributed by atoms with van der Waals surface area (Å²) >= 11 is 3.22. The van der Waals surface area contributed by atoms with Gasteiger partial charge in [-0.1, -0.05) is 15.9 Å². The molecule has 1 aliphatic heterocycles. The molecule has 0 amide bonds. The minimum absolute atomic E-state index is 0. The van der Waals surface area contributed by atoms with Gasteiger partial charge in [0.15, 0.2) is 0 Å². The summed E-state index contributed by atoms with van der Waals surface area (Å²) in [6.45, 7) is 0.777. The Morgan fingerprint density at radius 2 is 2.32 bits per heavy atom. The van der Waals surface area contributed by atoms with Crippen LogP contribution in [-0.4, -0.2) is 35.3 Å². The monoisotopic (exact) mass is 351 g/mol. The molecule has 0 radical (unpaired) electrons. The van der Waals surface area contributed by atoms with Crippen LogP contribution in [0, 0.1) is 10.1 Å². The van der Waals surface area contributed by atoms with Crippen molar-refractivity contribution in [1.82, 2.24) is 5.32 Å². The fraction of sp³-hybridized carbons (Fsp3) is 0.455. The summed E-state index contributed by atoms with van der Waals surface area (Å²) in [7, 11) is 0. The van der Waals surface area contributed by atoms with Gasteiger partial charge in [0.05, 0.1) is 11.5 Å². The number of nitrogens with one attached hydrogen (secondary N) is 2. The largest absolute Gasteiger partial charge is 0.395 e. The van der Waals surface area contributed by atoms with E-state index in [1.807, 2.05) is 0 Å². The molecule has 0 saturated carbocycles. The van der Waals surface area contributed by atoms with Crippen LogP contribution in [0.4, 0.5) is 11.4 Å². The third-order valence-electron chi connectivity index (χ3n) is 2.96. The van der Waals surface area contributed by atoms with Crippen LogP contribution in [0.2, 0.25) is 0 Å². The highest BCUT2D eigenvalue weighted by atomic mass is 79.9. The van der Waals surface area contributed by atoms with E-state index in [1.54, 1.807) is 12.1 Å². The second-order valence-electron chi connectivity index (χ2n) is 4.28. The van der Waals surface area contributed by atoms with Crippen LogP contribution in [0.3, 0.4) is 0 Å². The molecule has 8 heteroatoms. The summed E-state index contributed by atoms with van der Waals surface area (Å²) in [4.78, 5) is 10.6. The van der Waals surface area contributed by atoms with E-state index >= 15 is 0 Å². The van der Waals surface area contributed by atoms with E-state index in [-0.39, 0.29) is 36.8 Å². The first-order valence-electron chi connectivity index (χ1n) is 5.65. The number of nitro groups is 1. The standard InChI is InChI=1S/C11H14BrN3O3.ClH/c12-7-1-2-10(11(3-7)15(17)18)14-8-4-9(6-16)13-5-8;/h1-3,8-9,13-14,16H,4-6H2;1H/t8-,9-;/m1./s1. The van der Waals surface area contributed by atoms with Crippen LogP contribution in [0.15, 0.2) is 22.7 Å². The second-order valence-corrected chi connectivity index (χ2v) is 5.20. The fourth-order valence-corrected chi connectivity index (χ4v) is 2.41. The highest BCUT2D eigenvalue weighted by Gasteiger charge is 2.25. The first kappa shape index (κ1) is 16.2. The lowest BCUT2D eigenvalue weighted by atomic mass is 10.1. The molecule has 0 aromatic heterocycles. The molecule has 0 spiro atoms. The Morgan fingerprint density at radius 3 is 2.89 bits per heavy atom. The van der Waals surface area contributed by atoms with E-state index < -0.39 is 4.92 Å². The van der Waals surface area contributed by atoms with Crippen LogP contribution >= 0.6 is 28.3 Å². The van der Waals surface area contributed by atoms with Crippen molar-refractivity contribution < 1.29 is 10.0 Å². The Morgan fingerprint density at radius 1 is 1.58 bits per heavy atom. The average molecular weight is 353 g/mol. The van der Waals surface area contributed by atoms with Crippen molar-refractivity contribution in [3.05, 3.63) is 32.8 Å². The van der Waals surface area contributed by atoms with Gasteiger partial charge < -0.3 is 15.7 Å². The molecule has 2 rings (SSSR count). The summed E-state index contributed by atoms with van der Waals surface area (Å²) in [6.07, 6.45) is 0.754. The summed E-state index contributed by atoms with van der Waals surface area (Å²) in [5.41, 5.74) is 0.561. The highest BCUT2D eigenvalue weighted by Crippen LogP contribution is 2.29. The SMILES string of the molecule is Cl.O=[N+]([O-])c1cc(Br)ccc1N[C@H]1CN[C@@H](CO)C1. The van der Waals surface area contributed by atoms with E-state index in [9.17, 15) is 10.1 Å². The number of rotatable bonds is 4. The van der Waals surface area contributed by atoms with Crippen molar-refractivity contribution in [1.29, 1.82) is 0 Å². The Hall–Kier alpha value is -0.890. The zero-order chi connectivity index (χ0) is 13.1. The number of anilines is 1. The first-order chi connectivity index (χ1) is 8.60. The molecule has 0 unspecified atom stereocenters. The third-order valence-corrected chi connectivity index (χ3v) is 3.45. The molecule has 0 bridgehead atoms. The lowest BCUT2D eigenvalue weighted by Crippen LogP contribution is -2.25. The Balaban J connectivity index is 0.00000180. The summed E-state index contributed by atoms with van der Waals surface area (Å²) in [5.74, 6) is 0. The van der Waals surface area contributed by atoms with Gasteiger partial charge in [0.2, 0.25) is 0 Å². The topological polar surface area (TPSA) is 87.4 Å². The van der Waals surface area contributed by atoms with Crippen molar-refractivity contribution >= 4 is 39.7 Å². The number of hydrogen-bond acceptors (Lipinski definition) is 5. The smallest absolute Gasteiger partial charge is 0.293 e. The van der Waals surface area contributed by atoms with Gasteiger partial charge in [-0.2, -0.15) is 0 Å². The van der Waals surface area contributed by atoms with Crippen LogP contribution in [0.5, 0.6) is 0 Å². The summed E-state index contributed by atoms with van der Waals surface area (Å²) < 4.78 is 0.678. The molecule has 1 aromatic carbocycles. The van der Waals surface area contributed by atoms with Crippen molar-refractivity contribution in [2.24, 2.45) is 0 Å². The number of aliphatic hydroxyl groups is 1. The Labute approximate surface area is 125 Å². The molecule has 1 fully saturated rings. The molecular formula is C11H15BrClN3O3. The van der Waals surface area contributed by atoms with Gasteiger partial charge in [0, 0.05) is 29.2 Å². The zero-order valence-corrected chi connectivity index (χ0v) is 12.4. The van der Waals surface area contributed by atoms with Gasteiger partial charge in [0.1, 0.15) is 5.69 Å². The number of halogens is 2. The van der Waals surface area contributed by atoms with E-state index in [1.165, 1.54) is 6.07 Å². The van der Waals surface area contributed by atoms with E-state index in [2.05, 4.69) is 26.6 Å². The van der Waals surface area contributed by atoms with Crippen molar-refractivity contribution in [2.75, 3.05) is 18.5 Å². The number of nitrogens with zero attached hydrogens (tertiary/aromatic N) is 1. The van der Waals surface area contributed by atoms with Crippen molar-refractivity contribution in [3.63, 3.8) is 0 Å². The fourth-order valence-electron chi connectivity index (χ4n) is 2.07. The van der Waals surface area contributed by atoms with E-state index in [4.69, 9.17) is 5.11 Å². The minimum Gasteiger partial charge on any atom is -0.395 e. The summed E-state index contributed by atoms with van der Waals surface area (Å²) in [6, 6.07) is 5.10. The van der Waals surface area contributed by atoms with Crippen LogP contribution in [0.1, 0.15) is 6.42 Å². The van der Waals surface area contributed by atoms with Gasteiger partial charge in [-0.25, -0.2) is 0 Å². The van der Waals surface area contributed by atoms with Gasteiger partial charge in [-0.05, 0) is 18.6 Å². The van der Waals surface area contributed by atoms with E-state index in [0.29, 0.717) is 16.7 Å². The molecule has 2 atom stereocenters. The number of hydrogen-bond donors (Lipinski definition) is 3. The number of aliphatic hydroxyl groups excluding tert-OH is 1. The maximum Gasteiger partial charge on any atom is 0.293 e. The maximum absolute atomic E-state index is 11.0. The molecular weight excluding hydrogens is 337 g/mol. The molecule has 19 heavy (non-hydrogen) atoms. The average Bonchev–Trinajstić information content (AvgIpc) is 2.79. The number of nitro benzene ring substituents is 1. The van der Waals surface area contributed by atoms with Crippen LogP contribution in [-0.2, 0) is 0 Å². The van der Waals surface area contributed by atoms with Crippen molar-refractivity contribution in [3.8, 4) is 0 Å². The molecule has 1 saturated heterocycles. The zero-order valence-electron chi connectivity index (χ0n) is 10.0. The molecule has 0 aliphatic carbocycles. The van der Waals surface area contributed by atoms with Crippen LogP contribution in [0.25, 0.3) is 0 Å². The minimum atomic E-state index is -0.404. The van der Waals surface area contributed by atoms with Gasteiger partial charge in [-0.3, -0.25) is 10.1 Å². The number of benzene rings is 1. The second kappa shape index (κ2) is 7.04.